The summed E-state index contributed by atoms with van der Waals surface area (Å²) in [6.07, 6.45) is 6.78. The molecule has 33 heavy (non-hydrogen) atoms. The van der Waals surface area contributed by atoms with E-state index in [9.17, 15) is 4.79 Å². The first kappa shape index (κ1) is 22.1. The number of rotatable bonds is 7. The Morgan fingerprint density at radius 3 is 2.76 bits per heavy atom. The summed E-state index contributed by atoms with van der Waals surface area (Å²) in [5.41, 5.74) is 2.81. The van der Waals surface area contributed by atoms with E-state index in [1.54, 1.807) is 6.20 Å². The second-order valence-electron chi connectivity index (χ2n) is 9.25. The monoisotopic (exact) mass is 449 g/mol. The fourth-order valence-corrected chi connectivity index (χ4v) is 5.20. The Morgan fingerprint density at radius 2 is 1.91 bits per heavy atom. The van der Waals surface area contributed by atoms with Crippen molar-refractivity contribution in [3.05, 3.63) is 36.7 Å². The first-order valence-corrected chi connectivity index (χ1v) is 12.4. The lowest BCUT2D eigenvalue weighted by atomic mass is 9.97. The molecule has 176 valence electrons. The van der Waals surface area contributed by atoms with Crippen LogP contribution in [-0.2, 0) is 4.79 Å². The Hall–Kier alpha value is -2.71. The largest absolute Gasteiger partial charge is 0.356 e. The SMILES string of the molecule is CCN1CCN(CCCNC(=O)[C@@H]2CCCN(c3nc4ncccc4n4cccc34)C2)CC1. The highest BCUT2D eigenvalue weighted by Crippen LogP contribution is 2.28. The molecule has 0 aromatic carbocycles. The number of likely N-dealkylation sites (N-methyl/N-ethyl adjacent to an activating group) is 1. The lowest BCUT2D eigenvalue weighted by molar-refractivity contribution is -0.125. The number of carbonyl (C=O) groups excluding carboxylic acids is 1. The van der Waals surface area contributed by atoms with Gasteiger partial charge in [0, 0.05) is 58.2 Å². The molecule has 0 unspecified atom stereocenters. The molecule has 3 aromatic rings. The van der Waals surface area contributed by atoms with Gasteiger partial charge in [-0.3, -0.25) is 4.79 Å². The van der Waals surface area contributed by atoms with E-state index in [0.717, 1.165) is 94.1 Å². The second kappa shape index (κ2) is 10.1. The number of pyridine rings is 1. The molecule has 0 saturated carbocycles. The van der Waals surface area contributed by atoms with Crippen molar-refractivity contribution in [1.29, 1.82) is 0 Å². The average Bonchev–Trinajstić information content (AvgIpc) is 3.37. The normalized spacial score (nSPS) is 20.5. The molecule has 3 aromatic heterocycles. The molecule has 0 aliphatic carbocycles. The number of hydrogen-bond donors (Lipinski definition) is 1. The van der Waals surface area contributed by atoms with Crippen LogP contribution in [0.25, 0.3) is 16.7 Å². The molecule has 8 nitrogen and oxygen atoms in total. The van der Waals surface area contributed by atoms with Gasteiger partial charge >= 0.3 is 0 Å². The number of nitrogens with one attached hydrogen (secondary N) is 1. The third-order valence-corrected chi connectivity index (χ3v) is 7.17. The highest BCUT2D eigenvalue weighted by molar-refractivity contribution is 5.84. The zero-order valence-corrected chi connectivity index (χ0v) is 19.6. The molecule has 2 saturated heterocycles. The van der Waals surface area contributed by atoms with Crippen molar-refractivity contribution in [3.63, 3.8) is 0 Å². The van der Waals surface area contributed by atoms with Gasteiger partial charge in [0.1, 0.15) is 0 Å². The summed E-state index contributed by atoms with van der Waals surface area (Å²) in [5, 5.41) is 3.21. The summed E-state index contributed by atoms with van der Waals surface area (Å²) >= 11 is 0. The molecule has 2 aliphatic heterocycles. The molecule has 5 heterocycles. The minimum absolute atomic E-state index is 0.00286. The maximum atomic E-state index is 12.9. The Kier molecular flexibility index (Phi) is 6.73. The van der Waals surface area contributed by atoms with Crippen LogP contribution in [0.1, 0.15) is 26.2 Å². The van der Waals surface area contributed by atoms with Gasteiger partial charge in [-0.25, -0.2) is 9.97 Å². The van der Waals surface area contributed by atoms with E-state index >= 15 is 0 Å². The van der Waals surface area contributed by atoms with Crippen LogP contribution in [0.5, 0.6) is 0 Å². The number of aromatic nitrogens is 3. The third-order valence-electron chi connectivity index (χ3n) is 7.17. The van der Waals surface area contributed by atoms with Crippen LogP contribution in [0.2, 0.25) is 0 Å². The fraction of sp³-hybridized carbons (Fsp3) is 0.560. The van der Waals surface area contributed by atoms with Crippen LogP contribution < -0.4 is 10.2 Å². The molecule has 0 spiro atoms. The average molecular weight is 450 g/mol. The van der Waals surface area contributed by atoms with Crippen LogP contribution in [0.3, 0.4) is 0 Å². The molecular formula is C25H35N7O. The van der Waals surface area contributed by atoms with E-state index in [1.165, 1.54) is 0 Å². The number of amides is 1. The predicted octanol–water partition coefficient (Wildman–Crippen LogP) is 2.24. The number of anilines is 1. The molecule has 8 heteroatoms. The number of piperidine rings is 1. The second-order valence-corrected chi connectivity index (χ2v) is 9.25. The molecule has 1 amide bonds. The molecule has 2 fully saturated rings. The van der Waals surface area contributed by atoms with Crippen LogP contribution in [0.15, 0.2) is 36.7 Å². The van der Waals surface area contributed by atoms with Crippen molar-refractivity contribution in [2.24, 2.45) is 5.92 Å². The molecule has 0 bridgehead atoms. The van der Waals surface area contributed by atoms with Gasteiger partial charge in [0.05, 0.1) is 17.0 Å². The van der Waals surface area contributed by atoms with Gasteiger partial charge < -0.3 is 24.4 Å². The quantitative estimate of drug-likeness (QED) is 0.558. The Balaban J connectivity index is 1.17. The highest BCUT2D eigenvalue weighted by atomic mass is 16.1. The number of hydrogen-bond acceptors (Lipinski definition) is 6. The standard InChI is InChI=1S/C25H35N7O/c1-2-29-15-17-30(18-16-29)12-6-11-27-25(33)20-7-4-13-31(19-20)24-22-9-5-14-32(22)21-8-3-10-26-23(21)28-24/h3,5,8-10,14,20H,2,4,6-7,11-13,15-19H2,1H3,(H,27,33)/t20-/m1/s1. The fourth-order valence-electron chi connectivity index (χ4n) is 5.20. The Labute approximate surface area is 195 Å². The zero-order chi connectivity index (χ0) is 22.6. The van der Waals surface area contributed by atoms with Crippen LogP contribution in [-0.4, -0.2) is 89.0 Å². The summed E-state index contributed by atoms with van der Waals surface area (Å²) in [7, 11) is 0. The van der Waals surface area contributed by atoms with E-state index in [4.69, 9.17) is 4.98 Å². The zero-order valence-electron chi connectivity index (χ0n) is 19.6. The van der Waals surface area contributed by atoms with Gasteiger partial charge in [0.2, 0.25) is 5.91 Å². The number of fused-ring (bicyclic) bond motifs is 3. The maximum Gasteiger partial charge on any atom is 0.224 e. The molecule has 2 aliphatic rings. The summed E-state index contributed by atoms with van der Waals surface area (Å²) in [6.45, 7) is 11.4. The van der Waals surface area contributed by atoms with Gasteiger partial charge in [-0.05, 0) is 56.6 Å². The van der Waals surface area contributed by atoms with Crippen LogP contribution in [0, 0.1) is 5.92 Å². The molecule has 5 rings (SSSR count). The van der Waals surface area contributed by atoms with Gasteiger partial charge in [-0.15, -0.1) is 0 Å². The first-order valence-electron chi connectivity index (χ1n) is 12.4. The lowest BCUT2D eigenvalue weighted by Crippen LogP contribution is -2.47. The number of carbonyl (C=O) groups is 1. The van der Waals surface area contributed by atoms with Crippen molar-refractivity contribution < 1.29 is 4.79 Å². The van der Waals surface area contributed by atoms with Crippen molar-refractivity contribution in [3.8, 4) is 0 Å². The van der Waals surface area contributed by atoms with E-state index in [0.29, 0.717) is 6.54 Å². The van der Waals surface area contributed by atoms with Gasteiger partial charge in [0.25, 0.3) is 0 Å². The van der Waals surface area contributed by atoms with Crippen molar-refractivity contribution in [1.82, 2.24) is 29.5 Å². The molecular weight excluding hydrogens is 414 g/mol. The number of piperazine rings is 1. The summed E-state index contributed by atoms with van der Waals surface area (Å²) in [6, 6.07) is 8.12. The van der Waals surface area contributed by atoms with Gasteiger partial charge in [-0.1, -0.05) is 6.92 Å². The lowest BCUT2D eigenvalue weighted by Gasteiger charge is -2.34. The van der Waals surface area contributed by atoms with E-state index < -0.39 is 0 Å². The van der Waals surface area contributed by atoms with Crippen LogP contribution >= 0.6 is 0 Å². The van der Waals surface area contributed by atoms with E-state index in [2.05, 4.69) is 48.6 Å². The molecule has 1 N–H and O–H groups in total. The minimum atomic E-state index is 0.00286. The summed E-state index contributed by atoms with van der Waals surface area (Å²) in [5.74, 6) is 1.11. The van der Waals surface area contributed by atoms with Gasteiger partial charge in [0.15, 0.2) is 11.5 Å². The molecule has 1 atom stereocenters. The highest BCUT2D eigenvalue weighted by Gasteiger charge is 2.28. The van der Waals surface area contributed by atoms with Crippen molar-refractivity contribution >= 4 is 28.4 Å². The Bertz CT molecular complexity index is 1090. The van der Waals surface area contributed by atoms with Crippen molar-refractivity contribution in [2.45, 2.75) is 26.2 Å². The van der Waals surface area contributed by atoms with Gasteiger partial charge in [-0.2, -0.15) is 0 Å². The smallest absolute Gasteiger partial charge is 0.224 e. The summed E-state index contributed by atoms with van der Waals surface area (Å²) < 4.78 is 2.15. The van der Waals surface area contributed by atoms with E-state index in [1.807, 2.05) is 18.2 Å². The minimum Gasteiger partial charge on any atom is -0.356 e. The third kappa shape index (κ3) is 4.82. The molecule has 0 radical (unpaired) electrons. The first-order chi connectivity index (χ1) is 16.2. The predicted molar refractivity (Wildman–Crippen MR) is 132 cm³/mol. The topological polar surface area (TPSA) is 69.0 Å². The Morgan fingerprint density at radius 1 is 1.09 bits per heavy atom. The summed E-state index contributed by atoms with van der Waals surface area (Å²) in [4.78, 5) is 29.6. The van der Waals surface area contributed by atoms with Crippen molar-refractivity contribution in [2.75, 3.05) is 63.8 Å². The number of nitrogens with zero attached hydrogens (tertiary/aromatic N) is 6. The van der Waals surface area contributed by atoms with E-state index in [-0.39, 0.29) is 11.8 Å². The van der Waals surface area contributed by atoms with Crippen LogP contribution in [0.4, 0.5) is 5.82 Å². The maximum absolute atomic E-state index is 12.9.